The molecular weight excluding hydrogens is 427 g/mol. The Hall–Kier alpha value is -2.90. The molecule has 29 heavy (non-hydrogen) atoms. The standard InChI is InChI=1S/C15H11F5N4O4S/c16-12-6(1-2-10(25)13(12)23-5-11(26)22-29(23,27)28)9-3-8(7-4-15(7,19)20)21-24(9)14(17)18/h1-3,7,14,25H,4-5H2,(H,22,26). The highest BCUT2D eigenvalue weighted by atomic mass is 32.2. The van der Waals surface area contributed by atoms with Crippen molar-refractivity contribution in [1.82, 2.24) is 14.5 Å². The largest absolute Gasteiger partial charge is 0.506 e. The lowest BCUT2D eigenvalue weighted by molar-refractivity contribution is -0.117. The maximum absolute atomic E-state index is 15.1. The number of rotatable bonds is 4. The maximum Gasteiger partial charge on any atom is 0.333 e. The zero-order chi connectivity index (χ0) is 21.3. The van der Waals surface area contributed by atoms with Crippen LogP contribution in [0.15, 0.2) is 18.2 Å². The highest BCUT2D eigenvalue weighted by Gasteiger charge is 2.59. The number of phenolic OH excluding ortho intramolecular Hbond substituents is 1. The first-order valence-electron chi connectivity index (χ1n) is 8.03. The van der Waals surface area contributed by atoms with Gasteiger partial charge in [-0.3, -0.25) is 4.79 Å². The molecular formula is C15H11F5N4O4S. The van der Waals surface area contributed by atoms with Gasteiger partial charge in [-0.05, 0) is 18.2 Å². The number of hydrogen-bond donors (Lipinski definition) is 2. The summed E-state index contributed by atoms with van der Waals surface area (Å²) in [7, 11) is -4.51. The predicted molar refractivity (Wildman–Crippen MR) is 87.3 cm³/mol. The molecule has 2 aromatic rings. The summed E-state index contributed by atoms with van der Waals surface area (Å²) in [4.78, 5) is 11.4. The predicted octanol–water partition coefficient (Wildman–Crippen LogP) is 2.09. The summed E-state index contributed by atoms with van der Waals surface area (Å²) in [6.07, 6.45) is -0.587. The van der Waals surface area contributed by atoms with Crippen molar-refractivity contribution in [2.24, 2.45) is 0 Å². The Morgan fingerprint density at radius 3 is 2.48 bits per heavy atom. The van der Waals surface area contributed by atoms with E-state index in [0.29, 0.717) is 0 Å². The van der Waals surface area contributed by atoms with Crippen LogP contribution in [-0.2, 0) is 15.0 Å². The minimum atomic E-state index is -4.51. The fourth-order valence-electron chi connectivity index (χ4n) is 3.10. The summed E-state index contributed by atoms with van der Waals surface area (Å²) in [5.41, 5.74) is -2.52. The number of aromatic nitrogens is 2. The van der Waals surface area contributed by atoms with Crippen LogP contribution in [0.3, 0.4) is 0 Å². The lowest BCUT2D eigenvalue weighted by atomic mass is 10.1. The van der Waals surface area contributed by atoms with Crippen LogP contribution in [0.1, 0.15) is 24.6 Å². The van der Waals surface area contributed by atoms with Crippen LogP contribution in [0.4, 0.5) is 27.6 Å². The topological polar surface area (TPSA) is 105 Å². The molecule has 2 N–H and O–H groups in total. The average Bonchev–Trinajstić information content (AvgIpc) is 2.93. The zero-order valence-electron chi connectivity index (χ0n) is 14.1. The van der Waals surface area contributed by atoms with Crippen molar-refractivity contribution in [1.29, 1.82) is 0 Å². The zero-order valence-corrected chi connectivity index (χ0v) is 14.9. The number of hydrogen-bond acceptors (Lipinski definition) is 5. The Bertz CT molecular complexity index is 1130. The Kier molecular flexibility index (Phi) is 4.05. The maximum atomic E-state index is 15.1. The van der Waals surface area contributed by atoms with Gasteiger partial charge in [0.15, 0.2) is 5.82 Å². The van der Waals surface area contributed by atoms with E-state index in [1.54, 1.807) is 4.72 Å². The smallest absolute Gasteiger partial charge is 0.333 e. The number of phenols is 1. The molecule has 0 radical (unpaired) electrons. The second-order valence-electron chi connectivity index (χ2n) is 6.53. The van der Waals surface area contributed by atoms with E-state index in [4.69, 9.17) is 0 Å². The molecule has 1 amide bonds. The Balaban J connectivity index is 1.86. The molecule has 1 atom stereocenters. The molecule has 1 saturated carbocycles. The molecule has 14 heteroatoms. The number of nitrogens with zero attached hydrogens (tertiary/aromatic N) is 3. The molecule has 4 rings (SSSR count). The van der Waals surface area contributed by atoms with Gasteiger partial charge in [0.25, 0.3) is 11.8 Å². The van der Waals surface area contributed by atoms with E-state index >= 15 is 4.39 Å². The summed E-state index contributed by atoms with van der Waals surface area (Å²) in [6, 6.07) is 2.57. The molecule has 1 aromatic carbocycles. The number of alkyl halides is 4. The molecule has 1 unspecified atom stereocenters. The number of aromatic hydroxyl groups is 1. The number of halogens is 5. The van der Waals surface area contributed by atoms with Crippen LogP contribution >= 0.6 is 0 Å². The third kappa shape index (κ3) is 3.07. The number of anilines is 1. The van der Waals surface area contributed by atoms with Gasteiger partial charge in [0.2, 0.25) is 0 Å². The number of benzene rings is 1. The highest BCUT2D eigenvalue weighted by Crippen LogP contribution is 2.56. The van der Waals surface area contributed by atoms with Gasteiger partial charge < -0.3 is 5.11 Å². The fourth-order valence-corrected chi connectivity index (χ4v) is 4.27. The van der Waals surface area contributed by atoms with Gasteiger partial charge in [0, 0.05) is 12.0 Å². The number of nitrogens with one attached hydrogen (secondary N) is 1. The quantitative estimate of drug-likeness (QED) is 0.712. The Morgan fingerprint density at radius 2 is 1.97 bits per heavy atom. The molecule has 8 nitrogen and oxygen atoms in total. The van der Waals surface area contributed by atoms with Gasteiger partial charge >= 0.3 is 16.8 Å². The first-order valence-corrected chi connectivity index (χ1v) is 9.47. The van der Waals surface area contributed by atoms with Crippen molar-refractivity contribution in [2.75, 3.05) is 10.8 Å². The lowest BCUT2D eigenvalue weighted by Crippen LogP contribution is -2.30. The van der Waals surface area contributed by atoms with Gasteiger partial charge in [-0.15, -0.1) is 0 Å². The normalized spacial score (nSPS) is 22.2. The summed E-state index contributed by atoms with van der Waals surface area (Å²) < 4.78 is 94.2. The lowest BCUT2D eigenvalue weighted by Gasteiger charge is -2.18. The van der Waals surface area contributed by atoms with Crippen LogP contribution in [0.2, 0.25) is 0 Å². The van der Waals surface area contributed by atoms with Crippen molar-refractivity contribution in [3.8, 4) is 17.0 Å². The Morgan fingerprint density at radius 1 is 1.31 bits per heavy atom. The number of carbonyl (C=O) groups excluding carboxylic acids is 1. The van der Waals surface area contributed by atoms with Gasteiger partial charge in [-0.1, -0.05) is 0 Å². The first kappa shape index (κ1) is 19.4. The van der Waals surface area contributed by atoms with E-state index in [9.17, 15) is 35.9 Å². The fraction of sp³-hybridized carbons (Fsp3) is 0.333. The molecule has 2 heterocycles. The van der Waals surface area contributed by atoms with Crippen LogP contribution in [0.5, 0.6) is 5.75 Å². The number of carbonyl (C=O) groups is 1. The Labute approximate surface area is 159 Å². The second kappa shape index (κ2) is 6.05. The second-order valence-corrected chi connectivity index (χ2v) is 8.12. The van der Waals surface area contributed by atoms with Crippen LogP contribution in [0, 0.1) is 5.82 Å². The van der Waals surface area contributed by atoms with Gasteiger partial charge in [0.1, 0.15) is 18.0 Å². The number of amides is 1. The molecule has 0 spiro atoms. The van der Waals surface area contributed by atoms with E-state index in [1.165, 1.54) is 0 Å². The third-order valence-corrected chi connectivity index (χ3v) is 5.94. The minimum Gasteiger partial charge on any atom is -0.506 e. The molecule has 1 aromatic heterocycles. The summed E-state index contributed by atoms with van der Waals surface area (Å²) in [5.74, 6) is -7.80. The summed E-state index contributed by atoms with van der Waals surface area (Å²) >= 11 is 0. The van der Waals surface area contributed by atoms with E-state index in [0.717, 1.165) is 18.2 Å². The van der Waals surface area contributed by atoms with Gasteiger partial charge in [0.05, 0.1) is 17.3 Å². The van der Waals surface area contributed by atoms with E-state index in [1.807, 2.05) is 0 Å². The van der Waals surface area contributed by atoms with Crippen LogP contribution in [-0.4, -0.2) is 41.7 Å². The van der Waals surface area contributed by atoms with E-state index < -0.39 is 76.0 Å². The SMILES string of the molecule is O=C1CN(c2c(O)ccc(-c3cc(C4CC4(F)F)nn3C(F)F)c2F)S(=O)(=O)N1. The molecule has 156 valence electrons. The van der Waals surface area contributed by atoms with E-state index in [2.05, 4.69) is 5.10 Å². The van der Waals surface area contributed by atoms with E-state index in [-0.39, 0.29) is 14.7 Å². The summed E-state index contributed by atoms with van der Waals surface area (Å²) in [6.45, 7) is -4.15. The molecule has 1 aliphatic carbocycles. The third-order valence-electron chi connectivity index (χ3n) is 4.56. The van der Waals surface area contributed by atoms with Crippen molar-refractivity contribution < 1.29 is 40.3 Å². The molecule has 1 aliphatic heterocycles. The molecule has 2 aliphatic rings. The van der Waals surface area contributed by atoms with Crippen molar-refractivity contribution in [3.63, 3.8) is 0 Å². The van der Waals surface area contributed by atoms with Gasteiger partial charge in [-0.2, -0.15) is 22.3 Å². The molecule has 0 bridgehead atoms. The monoisotopic (exact) mass is 438 g/mol. The van der Waals surface area contributed by atoms with Crippen molar-refractivity contribution in [2.45, 2.75) is 24.8 Å². The van der Waals surface area contributed by atoms with Crippen LogP contribution in [0.25, 0.3) is 11.3 Å². The molecule has 1 saturated heterocycles. The van der Waals surface area contributed by atoms with Gasteiger partial charge in [-0.25, -0.2) is 26.9 Å². The first-order chi connectivity index (χ1) is 13.4. The van der Waals surface area contributed by atoms with Crippen molar-refractivity contribution >= 4 is 21.8 Å². The van der Waals surface area contributed by atoms with Crippen molar-refractivity contribution in [3.05, 3.63) is 29.7 Å². The average molecular weight is 438 g/mol. The summed E-state index contributed by atoms with van der Waals surface area (Å²) in [5, 5.41) is 13.4. The minimum absolute atomic E-state index is 0.0326. The van der Waals surface area contributed by atoms with Crippen LogP contribution < -0.4 is 9.03 Å². The highest BCUT2D eigenvalue weighted by molar-refractivity contribution is 7.92. The molecule has 2 fully saturated rings.